The first kappa shape index (κ1) is 22.5. The lowest BCUT2D eigenvalue weighted by Crippen LogP contribution is -2.33. The molecule has 0 aromatic carbocycles. The molecule has 4 rings (SSSR count). The third-order valence-corrected chi connectivity index (χ3v) is 8.31. The molecule has 170 valence electrons. The van der Waals surface area contributed by atoms with Crippen LogP contribution < -0.4 is 0 Å². The van der Waals surface area contributed by atoms with Crippen molar-refractivity contribution >= 4 is 5.78 Å². The number of Topliss-reactive ketones (excluding diaryl/α,β-unsaturated/α-hetero) is 1. The van der Waals surface area contributed by atoms with E-state index in [0.29, 0.717) is 24.7 Å². The van der Waals surface area contributed by atoms with Crippen molar-refractivity contribution < 1.29 is 19.7 Å². The van der Waals surface area contributed by atoms with E-state index in [0.717, 1.165) is 36.8 Å². The zero-order chi connectivity index (χ0) is 22.2. The Morgan fingerprint density at radius 3 is 2.74 bits per heavy atom. The monoisotopic (exact) mass is 426 g/mol. The van der Waals surface area contributed by atoms with Crippen molar-refractivity contribution in [3.63, 3.8) is 0 Å². The number of carbonyl (C=O) groups excluding carboxylic acids is 1. The zero-order valence-electron chi connectivity index (χ0n) is 19.1. The van der Waals surface area contributed by atoms with Crippen LogP contribution in [0.3, 0.4) is 0 Å². The highest BCUT2D eigenvalue weighted by Gasteiger charge is 2.49. The lowest BCUT2D eigenvalue weighted by Gasteiger charge is -2.42. The molecule has 0 radical (unpaired) electrons. The molecular weight excluding hydrogens is 388 g/mol. The summed E-state index contributed by atoms with van der Waals surface area (Å²) in [6, 6.07) is 0. The predicted octanol–water partition coefficient (Wildman–Crippen LogP) is 5.03. The van der Waals surface area contributed by atoms with Crippen LogP contribution in [0.5, 0.6) is 0 Å². The van der Waals surface area contributed by atoms with E-state index in [1.54, 1.807) is 0 Å². The molecule has 0 aromatic rings. The molecule has 4 heteroatoms. The van der Waals surface area contributed by atoms with Crippen LogP contribution in [-0.4, -0.2) is 34.8 Å². The van der Waals surface area contributed by atoms with Crippen LogP contribution in [0.15, 0.2) is 47.3 Å². The SMILES string of the molecule is C=C1/C(=C/C=C2/CCC[C@@]3(C)C2CC[C@@H]3/C(C)=C/OCC(=O)C2CC2)C[C@@H](O)C[C@@H]1O. The predicted molar refractivity (Wildman–Crippen MR) is 122 cm³/mol. The summed E-state index contributed by atoms with van der Waals surface area (Å²) in [6.07, 6.45) is 13.9. The molecule has 4 aliphatic carbocycles. The van der Waals surface area contributed by atoms with Crippen LogP contribution in [0.4, 0.5) is 0 Å². The van der Waals surface area contributed by atoms with Gasteiger partial charge in [-0.1, -0.05) is 31.2 Å². The molecule has 0 aromatic heterocycles. The topological polar surface area (TPSA) is 66.8 Å². The summed E-state index contributed by atoms with van der Waals surface area (Å²) in [4.78, 5) is 11.9. The molecule has 4 saturated carbocycles. The molecule has 0 bridgehead atoms. The van der Waals surface area contributed by atoms with Gasteiger partial charge in [0, 0.05) is 12.3 Å². The molecule has 0 spiro atoms. The molecule has 0 heterocycles. The molecule has 1 unspecified atom stereocenters. The Labute approximate surface area is 186 Å². The number of carbonyl (C=O) groups is 1. The normalized spacial score (nSPS) is 39.1. The lowest BCUT2D eigenvalue weighted by molar-refractivity contribution is -0.123. The fraction of sp³-hybridized carbons (Fsp3) is 0.667. The second kappa shape index (κ2) is 9.07. The molecule has 0 aliphatic heterocycles. The summed E-state index contributed by atoms with van der Waals surface area (Å²) in [5.41, 5.74) is 4.70. The Kier molecular flexibility index (Phi) is 6.60. The Morgan fingerprint density at radius 1 is 1.23 bits per heavy atom. The highest BCUT2D eigenvalue weighted by Crippen LogP contribution is 2.59. The van der Waals surface area contributed by atoms with Gasteiger partial charge in [-0.05, 0) is 92.3 Å². The maximum atomic E-state index is 11.9. The van der Waals surface area contributed by atoms with E-state index < -0.39 is 12.2 Å². The molecule has 0 amide bonds. The van der Waals surface area contributed by atoms with Gasteiger partial charge in [0.05, 0.1) is 18.5 Å². The van der Waals surface area contributed by atoms with Crippen LogP contribution in [-0.2, 0) is 9.53 Å². The summed E-state index contributed by atoms with van der Waals surface area (Å²) in [7, 11) is 0. The largest absolute Gasteiger partial charge is 0.493 e. The molecule has 4 fully saturated rings. The molecule has 4 aliphatic rings. The van der Waals surface area contributed by atoms with Crippen molar-refractivity contribution in [2.45, 2.75) is 83.8 Å². The fourth-order valence-electron chi connectivity index (χ4n) is 6.31. The number of fused-ring (bicyclic) bond motifs is 1. The number of aliphatic hydroxyl groups is 2. The van der Waals surface area contributed by atoms with Crippen molar-refractivity contribution in [1.29, 1.82) is 0 Å². The van der Waals surface area contributed by atoms with Gasteiger partial charge in [0.1, 0.15) is 6.61 Å². The number of hydrogen-bond acceptors (Lipinski definition) is 4. The van der Waals surface area contributed by atoms with E-state index >= 15 is 0 Å². The van der Waals surface area contributed by atoms with Gasteiger partial charge in [-0.3, -0.25) is 4.79 Å². The first-order valence-electron chi connectivity index (χ1n) is 12.1. The standard InChI is InChI=1S/C27H38O4/c1-17(15-31-16-26(30)20-7-8-20)23-10-11-24-19(5-4-12-27(23,24)3)6-9-21-13-22(28)14-25(29)18(21)2/h6,9,15,20,22-25,28-29H,2,4-5,7-8,10-14,16H2,1,3H3/b17-15+,19-6-,21-9+/t22-,23-,24?,25+,27-/m1/s1. The zero-order valence-corrected chi connectivity index (χ0v) is 19.1. The quantitative estimate of drug-likeness (QED) is 0.585. The highest BCUT2D eigenvalue weighted by molar-refractivity contribution is 5.84. The van der Waals surface area contributed by atoms with Gasteiger partial charge in [0.2, 0.25) is 0 Å². The van der Waals surface area contributed by atoms with Crippen molar-refractivity contribution in [3.05, 3.63) is 47.3 Å². The van der Waals surface area contributed by atoms with E-state index in [4.69, 9.17) is 4.74 Å². The Hall–Kier alpha value is -1.65. The second-order valence-electron chi connectivity index (χ2n) is 10.5. The van der Waals surface area contributed by atoms with Crippen molar-refractivity contribution in [3.8, 4) is 0 Å². The Morgan fingerprint density at radius 2 is 2.00 bits per heavy atom. The molecular formula is C27H38O4. The first-order chi connectivity index (χ1) is 14.8. The second-order valence-corrected chi connectivity index (χ2v) is 10.5. The van der Waals surface area contributed by atoms with Gasteiger partial charge in [0.15, 0.2) is 5.78 Å². The van der Waals surface area contributed by atoms with Crippen LogP contribution >= 0.6 is 0 Å². The summed E-state index contributed by atoms with van der Waals surface area (Å²) < 4.78 is 5.69. The molecule has 2 N–H and O–H groups in total. The maximum absolute atomic E-state index is 11.9. The number of ketones is 1. The van der Waals surface area contributed by atoms with Gasteiger partial charge in [0.25, 0.3) is 0 Å². The summed E-state index contributed by atoms with van der Waals surface area (Å²) in [6.45, 7) is 8.85. The van der Waals surface area contributed by atoms with Crippen LogP contribution in [0.25, 0.3) is 0 Å². The van der Waals surface area contributed by atoms with Gasteiger partial charge in [-0.25, -0.2) is 0 Å². The highest BCUT2D eigenvalue weighted by atomic mass is 16.5. The third-order valence-electron chi connectivity index (χ3n) is 8.31. The van der Waals surface area contributed by atoms with E-state index in [-0.39, 0.29) is 23.7 Å². The lowest BCUT2D eigenvalue weighted by atomic mass is 9.62. The smallest absolute Gasteiger partial charge is 0.173 e. The maximum Gasteiger partial charge on any atom is 0.173 e. The van der Waals surface area contributed by atoms with Crippen molar-refractivity contribution in [2.75, 3.05) is 6.61 Å². The van der Waals surface area contributed by atoms with Gasteiger partial charge < -0.3 is 14.9 Å². The van der Waals surface area contributed by atoms with Gasteiger partial charge in [-0.15, -0.1) is 0 Å². The molecule has 0 saturated heterocycles. The average Bonchev–Trinajstić information content (AvgIpc) is 3.51. The van der Waals surface area contributed by atoms with E-state index in [1.807, 2.05) is 6.26 Å². The molecule has 5 atom stereocenters. The number of aliphatic hydroxyl groups excluding tert-OH is 2. The summed E-state index contributed by atoms with van der Waals surface area (Å²) in [5, 5.41) is 20.2. The Bertz CT molecular complexity index is 815. The average molecular weight is 427 g/mol. The van der Waals surface area contributed by atoms with E-state index in [2.05, 4.69) is 32.6 Å². The number of ether oxygens (including phenoxy) is 1. The summed E-state index contributed by atoms with van der Waals surface area (Å²) >= 11 is 0. The van der Waals surface area contributed by atoms with E-state index in [1.165, 1.54) is 30.4 Å². The van der Waals surface area contributed by atoms with E-state index in [9.17, 15) is 15.0 Å². The number of rotatable bonds is 6. The van der Waals surface area contributed by atoms with Crippen molar-refractivity contribution in [1.82, 2.24) is 0 Å². The molecule has 31 heavy (non-hydrogen) atoms. The molecule has 4 nitrogen and oxygen atoms in total. The Balaban J connectivity index is 1.45. The van der Waals surface area contributed by atoms with Crippen molar-refractivity contribution in [2.24, 2.45) is 23.2 Å². The fourth-order valence-corrected chi connectivity index (χ4v) is 6.31. The summed E-state index contributed by atoms with van der Waals surface area (Å²) in [5.74, 6) is 1.53. The minimum Gasteiger partial charge on any atom is -0.493 e. The van der Waals surface area contributed by atoms with Crippen LogP contribution in [0, 0.1) is 23.2 Å². The van der Waals surface area contributed by atoms with Crippen LogP contribution in [0.1, 0.15) is 71.6 Å². The van der Waals surface area contributed by atoms with Gasteiger partial charge in [-0.2, -0.15) is 0 Å². The van der Waals surface area contributed by atoms with Crippen LogP contribution in [0.2, 0.25) is 0 Å². The minimum atomic E-state index is -0.638. The van der Waals surface area contributed by atoms with Gasteiger partial charge >= 0.3 is 0 Å². The number of allylic oxidation sites excluding steroid dienone is 4. The third kappa shape index (κ3) is 4.75. The minimum absolute atomic E-state index is 0.217. The first-order valence-corrected chi connectivity index (χ1v) is 12.1. The number of hydrogen-bond donors (Lipinski definition) is 2.